The molecule has 0 aromatic rings. The molecule has 0 bridgehead atoms. The average molecular weight is 138 g/mol. The summed E-state index contributed by atoms with van der Waals surface area (Å²) in [7, 11) is 0. The summed E-state index contributed by atoms with van der Waals surface area (Å²) in [6.45, 7) is 2.09. The maximum absolute atomic E-state index is 8.40. The van der Waals surface area contributed by atoms with Crippen LogP contribution < -0.4 is 0 Å². The molecule has 0 amide bonds. The van der Waals surface area contributed by atoms with Crippen LogP contribution >= 0.6 is 0 Å². The molecule has 0 aromatic carbocycles. The molecule has 3 heteroatoms. The molecule has 10 heavy (non-hydrogen) atoms. The maximum Gasteiger partial charge on any atom is 0.217 e. The number of rotatable bonds is 2. The van der Waals surface area contributed by atoms with Crippen molar-refractivity contribution in [2.45, 2.75) is 32.3 Å². The highest BCUT2D eigenvalue weighted by molar-refractivity contribution is 5.85. The third-order valence-electron chi connectivity index (χ3n) is 1.41. The highest BCUT2D eigenvalue weighted by Gasteiger charge is 2.18. The molecule has 1 aliphatic rings. The fourth-order valence-electron chi connectivity index (χ4n) is 0.932. The van der Waals surface area contributed by atoms with E-state index >= 15 is 0 Å². The van der Waals surface area contributed by atoms with Gasteiger partial charge in [-0.2, -0.15) is 5.26 Å². The topological polar surface area (TPSA) is 45.4 Å². The second kappa shape index (κ2) is 3.21. The van der Waals surface area contributed by atoms with Gasteiger partial charge in [-0.1, -0.05) is 18.5 Å². The Morgan fingerprint density at radius 1 is 1.90 bits per heavy atom. The van der Waals surface area contributed by atoms with Crippen LogP contribution in [0.1, 0.15) is 26.2 Å². The molecule has 1 rings (SSSR count). The fourth-order valence-corrected chi connectivity index (χ4v) is 0.932. The zero-order valence-corrected chi connectivity index (χ0v) is 6.00. The summed E-state index contributed by atoms with van der Waals surface area (Å²) in [6, 6.07) is 2.02. The standard InChI is InChI=1S/C7H10N2O/c1-2-3-6-4-7(5-8)10-9-6/h7H,2-4H2,1H3/t7-/m0/s1. The molecule has 1 aliphatic heterocycles. The van der Waals surface area contributed by atoms with Gasteiger partial charge in [0.1, 0.15) is 6.07 Å². The maximum atomic E-state index is 8.40. The normalized spacial score (nSPS) is 23.2. The minimum atomic E-state index is -0.318. The van der Waals surface area contributed by atoms with Gasteiger partial charge in [-0.05, 0) is 6.42 Å². The largest absolute Gasteiger partial charge is 0.377 e. The van der Waals surface area contributed by atoms with Crippen molar-refractivity contribution in [3.05, 3.63) is 0 Å². The zero-order valence-electron chi connectivity index (χ0n) is 6.00. The SMILES string of the molecule is CCCC1=NO[C@H](C#N)C1. The van der Waals surface area contributed by atoms with Crippen molar-refractivity contribution in [3.63, 3.8) is 0 Å². The predicted molar refractivity (Wildman–Crippen MR) is 37.4 cm³/mol. The van der Waals surface area contributed by atoms with Crippen molar-refractivity contribution in [3.8, 4) is 6.07 Å². The van der Waals surface area contributed by atoms with E-state index in [9.17, 15) is 0 Å². The third kappa shape index (κ3) is 1.47. The minimum absolute atomic E-state index is 0.318. The van der Waals surface area contributed by atoms with Crippen LogP contribution in [0.4, 0.5) is 0 Å². The smallest absolute Gasteiger partial charge is 0.217 e. The second-order valence-electron chi connectivity index (χ2n) is 2.33. The van der Waals surface area contributed by atoms with Crippen molar-refractivity contribution in [1.29, 1.82) is 5.26 Å². The van der Waals surface area contributed by atoms with E-state index in [4.69, 9.17) is 10.1 Å². The minimum Gasteiger partial charge on any atom is -0.377 e. The fraction of sp³-hybridized carbons (Fsp3) is 0.714. The van der Waals surface area contributed by atoms with Gasteiger partial charge in [-0.15, -0.1) is 0 Å². The third-order valence-corrected chi connectivity index (χ3v) is 1.41. The highest BCUT2D eigenvalue weighted by Crippen LogP contribution is 2.12. The van der Waals surface area contributed by atoms with Gasteiger partial charge in [0.2, 0.25) is 6.10 Å². The molecule has 0 aromatic heterocycles. The Kier molecular flexibility index (Phi) is 2.27. The summed E-state index contributed by atoms with van der Waals surface area (Å²) < 4.78 is 0. The van der Waals surface area contributed by atoms with Gasteiger partial charge >= 0.3 is 0 Å². The first-order chi connectivity index (χ1) is 4.86. The van der Waals surface area contributed by atoms with Crippen LogP contribution in [0, 0.1) is 11.3 Å². The van der Waals surface area contributed by atoms with Crippen LogP contribution in [0.3, 0.4) is 0 Å². The molecule has 1 heterocycles. The van der Waals surface area contributed by atoms with E-state index in [1.165, 1.54) is 0 Å². The highest BCUT2D eigenvalue weighted by atomic mass is 16.6. The van der Waals surface area contributed by atoms with Crippen LogP contribution in [0.2, 0.25) is 0 Å². The Balaban J connectivity index is 2.34. The summed E-state index contributed by atoms with van der Waals surface area (Å²) in [5, 5.41) is 12.2. The van der Waals surface area contributed by atoms with Crippen LogP contribution in [-0.4, -0.2) is 11.8 Å². The first-order valence-corrected chi connectivity index (χ1v) is 3.48. The summed E-state index contributed by atoms with van der Waals surface area (Å²) >= 11 is 0. The Labute approximate surface area is 60.3 Å². The van der Waals surface area contributed by atoms with Gasteiger partial charge in [-0.3, -0.25) is 0 Å². The first-order valence-electron chi connectivity index (χ1n) is 3.48. The number of hydrogen-bond donors (Lipinski definition) is 0. The van der Waals surface area contributed by atoms with Crippen LogP contribution in [0.5, 0.6) is 0 Å². The molecule has 0 fully saturated rings. The van der Waals surface area contributed by atoms with Gasteiger partial charge in [0.25, 0.3) is 0 Å². The van der Waals surface area contributed by atoms with Crippen molar-refractivity contribution >= 4 is 5.71 Å². The van der Waals surface area contributed by atoms with Gasteiger partial charge in [0.15, 0.2) is 0 Å². The molecule has 0 saturated heterocycles. The monoisotopic (exact) mass is 138 g/mol. The van der Waals surface area contributed by atoms with Crippen LogP contribution in [-0.2, 0) is 4.84 Å². The lowest BCUT2D eigenvalue weighted by Crippen LogP contribution is -2.03. The first kappa shape index (κ1) is 7.07. The Bertz CT molecular complexity index is 181. The number of nitriles is 1. The summed E-state index contributed by atoms with van der Waals surface area (Å²) in [5.41, 5.74) is 1.02. The van der Waals surface area contributed by atoms with Crippen molar-refractivity contribution < 1.29 is 4.84 Å². The van der Waals surface area contributed by atoms with E-state index in [0.717, 1.165) is 18.6 Å². The molecule has 0 N–H and O–H groups in total. The molecule has 0 radical (unpaired) electrons. The Hall–Kier alpha value is -1.04. The molecular formula is C7H10N2O. The molecule has 0 unspecified atom stereocenters. The van der Waals surface area contributed by atoms with Crippen molar-refractivity contribution in [1.82, 2.24) is 0 Å². The van der Waals surface area contributed by atoms with Crippen LogP contribution in [0.25, 0.3) is 0 Å². The summed E-state index contributed by atoms with van der Waals surface area (Å²) in [5.74, 6) is 0. The van der Waals surface area contributed by atoms with E-state index in [1.54, 1.807) is 0 Å². The zero-order chi connectivity index (χ0) is 7.40. The van der Waals surface area contributed by atoms with E-state index < -0.39 is 0 Å². The van der Waals surface area contributed by atoms with Crippen LogP contribution in [0.15, 0.2) is 5.16 Å². The number of hydrogen-bond acceptors (Lipinski definition) is 3. The average Bonchev–Trinajstić information content (AvgIpc) is 2.37. The number of oxime groups is 1. The second-order valence-corrected chi connectivity index (χ2v) is 2.33. The number of nitrogens with zero attached hydrogens (tertiary/aromatic N) is 2. The van der Waals surface area contributed by atoms with E-state index in [1.807, 2.05) is 6.07 Å². The Morgan fingerprint density at radius 3 is 3.20 bits per heavy atom. The molecule has 1 atom stereocenters. The molecule has 0 spiro atoms. The molecule has 0 aliphatic carbocycles. The Morgan fingerprint density at radius 2 is 2.70 bits per heavy atom. The molecular weight excluding hydrogens is 128 g/mol. The van der Waals surface area contributed by atoms with Gasteiger partial charge in [0, 0.05) is 6.42 Å². The van der Waals surface area contributed by atoms with Crippen molar-refractivity contribution in [2.75, 3.05) is 0 Å². The van der Waals surface area contributed by atoms with E-state index in [-0.39, 0.29) is 6.10 Å². The predicted octanol–water partition coefficient (Wildman–Crippen LogP) is 1.45. The van der Waals surface area contributed by atoms with Gasteiger partial charge < -0.3 is 4.84 Å². The summed E-state index contributed by atoms with van der Waals surface area (Å²) in [6.07, 6.45) is 2.41. The lowest BCUT2D eigenvalue weighted by atomic mass is 10.1. The van der Waals surface area contributed by atoms with E-state index in [0.29, 0.717) is 6.42 Å². The van der Waals surface area contributed by atoms with Crippen molar-refractivity contribution in [2.24, 2.45) is 5.16 Å². The molecule has 0 saturated carbocycles. The lowest BCUT2D eigenvalue weighted by Gasteiger charge is -1.92. The summed E-state index contributed by atoms with van der Waals surface area (Å²) in [4.78, 5) is 4.79. The molecule has 3 nitrogen and oxygen atoms in total. The van der Waals surface area contributed by atoms with E-state index in [2.05, 4.69) is 12.1 Å². The van der Waals surface area contributed by atoms with Gasteiger partial charge in [0.05, 0.1) is 5.71 Å². The quantitative estimate of drug-likeness (QED) is 0.579. The molecule has 54 valence electrons. The van der Waals surface area contributed by atoms with Gasteiger partial charge in [-0.25, -0.2) is 0 Å². The lowest BCUT2D eigenvalue weighted by molar-refractivity contribution is 0.125.